The van der Waals surface area contributed by atoms with E-state index in [-0.39, 0.29) is 13.2 Å². The Labute approximate surface area is 141 Å². The predicted octanol–water partition coefficient (Wildman–Crippen LogP) is 2.67. The molecule has 1 aromatic carbocycles. The average molecular weight is 382 g/mol. The summed E-state index contributed by atoms with van der Waals surface area (Å²) < 4.78 is 16.3. The van der Waals surface area contributed by atoms with Gasteiger partial charge in [-0.05, 0) is 43.3 Å². The number of hydrogen-bond acceptors (Lipinski definition) is 5. The molecule has 1 N–H and O–H groups in total. The van der Waals surface area contributed by atoms with E-state index >= 15 is 0 Å². The number of amides is 1. The van der Waals surface area contributed by atoms with Gasteiger partial charge in [-0.3, -0.25) is 4.79 Å². The molecule has 0 aliphatic rings. The molecule has 1 amide bonds. The molecule has 122 valence electrons. The van der Waals surface area contributed by atoms with Crippen molar-refractivity contribution in [2.75, 3.05) is 6.61 Å². The Morgan fingerprint density at radius 3 is 2.65 bits per heavy atom. The number of nitrogens with one attached hydrogen (secondary N) is 1. The highest BCUT2D eigenvalue weighted by molar-refractivity contribution is 9.10. The van der Waals surface area contributed by atoms with Crippen molar-refractivity contribution in [3.05, 3.63) is 52.9 Å². The molecule has 0 aliphatic carbocycles. The first kappa shape index (κ1) is 17.1. The summed E-state index contributed by atoms with van der Waals surface area (Å²) in [4.78, 5) is 23.5. The molecule has 0 saturated heterocycles. The first-order valence-corrected chi connectivity index (χ1v) is 7.72. The van der Waals surface area contributed by atoms with Crippen LogP contribution in [0.25, 0.3) is 0 Å². The molecule has 1 atom stereocenters. The summed E-state index contributed by atoms with van der Waals surface area (Å²) in [5, 5.41) is 2.61. The number of esters is 1. The fraction of sp³-hybridized carbons (Fsp3) is 0.250. The number of furan rings is 1. The second kappa shape index (κ2) is 8.38. The Kier molecular flexibility index (Phi) is 6.22. The fourth-order valence-electron chi connectivity index (χ4n) is 1.69. The molecule has 7 heteroatoms. The van der Waals surface area contributed by atoms with Crippen LogP contribution in [-0.4, -0.2) is 24.6 Å². The summed E-state index contributed by atoms with van der Waals surface area (Å²) in [5.74, 6) is 0.141. The highest BCUT2D eigenvalue weighted by Crippen LogP contribution is 2.16. The lowest BCUT2D eigenvalue weighted by Crippen LogP contribution is -2.36. The number of ether oxygens (including phenoxy) is 2. The SMILES string of the molecule is C[C@H](OC(=O)COc1ccc(Br)cc1)C(=O)NCc1ccco1. The fourth-order valence-corrected chi connectivity index (χ4v) is 1.95. The topological polar surface area (TPSA) is 77.8 Å². The number of hydrogen-bond donors (Lipinski definition) is 1. The maximum atomic E-state index is 11.8. The molecule has 0 saturated carbocycles. The summed E-state index contributed by atoms with van der Waals surface area (Å²) in [7, 11) is 0. The second-order valence-corrected chi connectivity index (χ2v) is 5.59. The van der Waals surface area contributed by atoms with Crippen LogP contribution in [0.15, 0.2) is 51.6 Å². The van der Waals surface area contributed by atoms with Crippen molar-refractivity contribution in [1.29, 1.82) is 0 Å². The van der Waals surface area contributed by atoms with Crippen molar-refractivity contribution in [3.8, 4) is 5.75 Å². The molecule has 2 aromatic rings. The molecule has 0 spiro atoms. The highest BCUT2D eigenvalue weighted by atomic mass is 79.9. The molecule has 6 nitrogen and oxygen atoms in total. The minimum absolute atomic E-state index is 0.239. The standard InChI is InChI=1S/C16H16BrNO5/c1-11(16(20)18-9-14-3-2-8-21-14)23-15(19)10-22-13-6-4-12(17)5-7-13/h2-8,11H,9-10H2,1H3,(H,18,20)/t11-/m0/s1. The van der Waals surface area contributed by atoms with Crippen LogP contribution in [-0.2, 0) is 20.9 Å². The van der Waals surface area contributed by atoms with E-state index in [9.17, 15) is 9.59 Å². The van der Waals surface area contributed by atoms with Crippen molar-refractivity contribution < 1.29 is 23.5 Å². The summed E-state index contributed by atoms with van der Waals surface area (Å²) in [5.41, 5.74) is 0. The maximum absolute atomic E-state index is 11.8. The van der Waals surface area contributed by atoms with Gasteiger partial charge in [-0.25, -0.2) is 4.79 Å². The van der Waals surface area contributed by atoms with Crippen LogP contribution in [0.4, 0.5) is 0 Å². The molecule has 0 fully saturated rings. The number of benzene rings is 1. The lowest BCUT2D eigenvalue weighted by atomic mass is 10.3. The molecular formula is C16H16BrNO5. The summed E-state index contributed by atoms with van der Waals surface area (Å²) in [6, 6.07) is 10.5. The third-order valence-electron chi connectivity index (χ3n) is 2.86. The summed E-state index contributed by atoms with van der Waals surface area (Å²) >= 11 is 3.30. The zero-order valence-electron chi connectivity index (χ0n) is 12.5. The lowest BCUT2D eigenvalue weighted by molar-refractivity contribution is -0.156. The van der Waals surface area contributed by atoms with Crippen LogP contribution >= 0.6 is 15.9 Å². The highest BCUT2D eigenvalue weighted by Gasteiger charge is 2.18. The molecular weight excluding hydrogens is 366 g/mol. The minimum Gasteiger partial charge on any atom is -0.482 e. The number of halogens is 1. The van der Waals surface area contributed by atoms with Gasteiger partial charge in [0.2, 0.25) is 0 Å². The Morgan fingerprint density at radius 1 is 1.26 bits per heavy atom. The van der Waals surface area contributed by atoms with Gasteiger partial charge in [0.05, 0.1) is 12.8 Å². The van der Waals surface area contributed by atoms with Crippen LogP contribution in [0.5, 0.6) is 5.75 Å². The van der Waals surface area contributed by atoms with Crippen LogP contribution in [0.1, 0.15) is 12.7 Å². The quantitative estimate of drug-likeness (QED) is 0.745. The smallest absolute Gasteiger partial charge is 0.344 e. The molecule has 1 heterocycles. The van der Waals surface area contributed by atoms with Crippen LogP contribution < -0.4 is 10.1 Å². The van der Waals surface area contributed by atoms with Gasteiger partial charge in [0, 0.05) is 4.47 Å². The van der Waals surface area contributed by atoms with Crippen LogP contribution in [0.2, 0.25) is 0 Å². The monoisotopic (exact) mass is 381 g/mol. The molecule has 0 bridgehead atoms. The third kappa shape index (κ3) is 5.78. The maximum Gasteiger partial charge on any atom is 0.344 e. The molecule has 1 aromatic heterocycles. The number of rotatable bonds is 7. The lowest BCUT2D eigenvalue weighted by Gasteiger charge is -2.13. The van der Waals surface area contributed by atoms with Gasteiger partial charge in [0.15, 0.2) is 12.7 Å². The largest absolute Gasteiger partial charge is 0.482 e. The molecule has 2 rings (SSSR count). The van der Waals surface area contributed by atoms with Gasteiger partial charge in [-0.15, -0.1) is 0 Å². The van der Waals surface area contributed by atoms with Gasteiger partial charge in [-0.1, -0.05) is 15.9 Å². The van der Waals surface area contributed by atoms with E-state index in [1.807, 2.05) is 0 Å². The van der Waals surface area contributed by atoms with E-state index in [0.717, 1.165) is 4.47 Å². The Hall–Kier alpha value is -2.28. The van der Waals surface area contributed by atoms with Crippen molar-refractivity contribution in [2.24, 2.45) is 0 Å². The predicted molar refractivity (Wildman–Crippen MR) is 85.7 cm³/mol. The van der Waals surface area contributed by atoms with E-state index in [1.54, 1.807) is 36.4 Å². The second-order valence-electron chi connectivity index (χ2n) is 4.67. The zero-order chi connectivity index (χ0) is 16.7. The van der Waals surface area contributed by atoms with Crippen LogP contribution in [0, 0.1) is 0 Å². The van der Waals surface area contributed by atoms with Gasteiger partial charge in [0.1, 0.15) is 11.5 Å². The van der Waals surface area contributed by atoms with Gasteiger partial charge in [-0.2, -0.15) is 0 Å². The molecule has 23 heavy (non-hydrogen) atoms. The minimum atomic E-state index is -0.911. The Morgan fingerprint density at radius 2 is 2.00 bits per heavy atom. The van der Waals surface area contributed by atoms with E-state index in [2.05, 4.69) is 21.2 Å². The van der Waals surface area contributed by atoms with Crippen molar-refractivity contribution >= 4 is 27.8 Å². The Balaban J connectivity index is 1.71. The van der Waals surface area contributed by atoms with Crippen molar-refractivity contribution in [2.45, 2.75) is 19.6 Å². The van der Waals surface area contributed by atoms with Gasteiger partial charge >= 0.3 is 5.97 Å². The molecule has 0 radical (unpaired) electrons. The van der Waals surface area contributed by atoms with E-state index in [1.165, 1.54) is 13.2 Å². The van der Waals surface area contributed by atoms with E-state index in [4.69, 9.17) is 13.9 Å². The van der Waals surface area contributed by atoms with Crippen molar-refractivity contribution in [3.63, 3.8) is 0 Å². The molecule has 0 unspecified atom stereocenters. The average Bonchev–Trinajstić information content (AvgIpc) is 3.05. The van der Waals surface area contributed by atoms with Gasteiger partial charge in [0.25, 0.3) is 5.91 Å². The summed E-state index contributed by atoms with van der Waals surface area (Å²) in [6.45, 7) is 1.47. The van der Waals surface area contributed by atoms with Gasteiger partial charge < -0.3 is 19.2 Å². The first-order valence-electron chi connectivity index (χ1n) is 6.92. The van der Waals surface area contributed by atoms with E-state index in [0.29, 0.717) is 11.5 Å². The Bertz CT molecular complexity index is 639. The zero-order valence-corrected chi connectivity index (χ0v) is 14.0. The van der Waals surface area contributed by atoms with E-state index < -0.39 is 18.0 Å². The van der Waals surface area contributed by atoms with Crippen LogP contribution in [0.3, 0.4) is 0 Å². The molecule has 0 aliphatic heterocycles. The first-order chi connectivity index (χ1) is 11.0. The number of carbonyl (C=O) groups excluding carboxylic acids is 2. The number of carbonyl (C=O) groups is 2. The third-order valence-corrected chi connectivity index (χ3v) is 3.39. The van der Waals surface area contributed by atoms with Crippen molar-refractivity contribution in [1.82, 2.24) is 5.32 Å². The summed E-state index contributed by atoms with van der Waals surface area (Å²) in [6.07, 6.45) is 0.607. The normalized spacial score (nSPS) is 11.6.